The number of H-pyrrole nitrogens is 1. The lowest BCUT2D eigenvalue weighted by Gasteiger charge is -2.36. The highest BCUT2D eigenvalue weighted by Gasteiger charge is 2.27. The fourth-order valence-electron chi connectivity index (χ4n) is 4.91. The fraction of sp³-hybridized carbons (Fsp3) is 0.565. The molecule has 0 bridgehead atoms. The highest BCUT2D eigenvalue weighted by Crippen LogP contribution is 2.38. The van der Waals surface area contributed by atoms with Crippen molar-refractivity contribution in [3.05, 3.63) is 34.6 Å². The van der Waals surface area contributed by atoms with E-state index in [0.29, 0.717) is 5.92 Å². The van der Waals surface area contributed by atoms with Crippen LogP contribution in [-0.2, 0) is 4.74 Å². The lowest BCUT2D eigenvalue weighted by Crippen LogP contribution is -2.39. The highest BCUT2D eigenvalue weighted by atomic mass is 32.1. The van der Waals surface area contributed by atoms with E-state index in [9.17, 15) is 0 Å². The predicted octanol–water partition coefficient (Wildman–Crippen LogP) is 5.05. The first kappa shape index (κ1) is 19.2. The molecule has 5 rings (SSSR count). The summed E-state index contributed by atoms with van der Waals surface area (Å²) in [5, 5.41) is 2.31. The van der Waals surface area contributed by atoms with Crippen LogP contribution in [0.4, 0.5) is 0 Å². The van der Waals surface area contributed by atoms with Crippen molar-refractivity contribution >= 4 is 22.4 Å². The Balaban J connectivity index is 1.34. The van der Waals surface area contributed by atoms with Crippen LogP contribution in [0.3, 0.4) is 0 Å². The summed E-state index contributed by atoms with van der Waals surface area (Å²) in [5.41, 5.74) is 4.67. The number of aromatic nitrogens is 3. The minimum atomic E-state index is 0.619. The number of nitrogens with zero attached hydrogens (tertiary/aromatic N) is 3. The lowest BCUT2D eigenvalue weighted by molar-refractivity contribution is 0.118. The van der Waals surface area contributed by atoms with Gasteiger partial charge >= 0.3 is 0 Å². The standard InChI is InChI=1S/C23H30N4OS/c1-15-16(2)29-23(26-15)21-14-25-22-20(21)12-18(13-24-22)17-4-6-19(7-5-17)27-8-3-10-28-11-9-27/h12-14,17,19H,3-11H2,1-2H3,(H,24,25)/t17-,19-. The van der Waals surface area contributed by atoms with Gasteiger partial charge in [0.2, 0.25) is 0 Å². The maximum absolute atomic E-state index is 5.64. The molecule has 5 nitrogen and oxygen atoms in total. The smallest absolute Gasteiger partial charge is 0.137 e. The van der Waals surface area contributed by atoms with E-state index >= 15 is 0 Å². The van der Waals surface area contributed by atoms with Gasteiger partial charge in [0.05, 0.1) is 12.3 Å². The third-order valence-corrected chi connectivity index (χ3v) is 7.86. The van der Waals surface area contributed by atoms with Gasteiger partial charge in [0.1, 0.15) is 10.7 Å². The van der Waals surface area contributed by atoms with Crippen molar-refractivity contribution in [1.29, 1.82) is 0 Å². The first-order valence-corrected chi connectivity index (χ1v) is 11.7. The lowest BCUT2D eigenvalue weighted by atomic mass is 9.81. The summed E-state index contributed by atoms with van der Waals surface area (Å²) in [6.45, 7) is 8.35. The van der Waals surface area contributed by atoms with E-state index in [0.717, 1.165) is 42.1 Å². The largest absolute Gasteiger partial charge is 0.380 e. The van der Waals surface area contributed by atoms with E-state index in [-0.39, 0.29) is 0 Å². The zero-order valence-electron chi connectivity index (χ0n) is 17.4. The average molecular weight is 411 g/mol. The molecule has 1 N–H and O–H groups in total. The maximum atomic E-state index is 5.64. The Morgan fingerprint density at radius 3 is 2.79 bits per heavy atom. The summed E-state index contributed by atoms with van der Waals surface area (Å²) in [6, 6.07) is 3.10. The molecule has 1 aliphatic carbocycles. The van der Waals surface area contributed by atoms with Crippen molar-refractivity contribution in [3.8, 4) is 10.6 Å². The normalized spacial score (nSPS) is 24.1. The van der Waals surface area contributed by atoms with Crippen molar-refractivity contribution in [2.45, 2.75) is 57.9 Å². The molecule has 29 heavy (non-hydrogen) atoms. The number of aromatic amines is 1. The van der Waals surface area contributed by atoms with Crippen molar-refractivity contribution in [2.24, 2.45) is 0 Å². The number of hydrogen-bond acceptors (Lipinski definition) is 5. The number of pyridine rings is 1. The number of thiazole rings is 1. The Kier molecular flexibility index (Phi) is 5.41. The molecule has 3 aromatic heterocycles. The SMILES string of the molecule is Cc1nc(-c2c[nH]c3ncc([C@H]4CC[C@H](N5CCCOCC5)CC4)cc23)sc1C. The molecule has 1 aliphatic heterocycles. The van der Waals surface area contributed by atoms with Crippen molar-refractivity contribution in [3.63, 3.8) is 0 Å². The van der Waals surface area contributed by atoms with Crippen LogP contribution in [0, 0.1) is 13.8 Å². The summed E-state index contributed by atoms with van der Waals surface area (Å²) in [5.74, 6) is 0.619. The molecule has 1 saturated heterocycles. The molecule has 4 heterocycles. The molecule has 2 fully saturated rings. The molecule has 3 aromatic rings. The van der Waals surface area contributed by atoms with E-state index in [4.69, 9.17) is 14.7 Å². The van der Waals surface area contributed by atoms with Gasteiger partial charge in [0.15, 0.2) is 0 Å². The monoisotopic (exact) mass is 410 g/mol. The quantitative estimate of drug-likeness (QED) is 0.656. The van der Waals surface area contributed by atoms with Crippen LogP contribution >= 0.6 is 11.3 Å². The van der Waals surface area contributed by atoms with Gasteiger partial charge in [-0.25, -0.2) is 9.97 Å². The van der Waals surface area contributed by atoms with Crippen LogP contribution in [0.25, 0.3) is 21.6 Å². The van der Waals surface area contributed by atoms with Crippen molar-refractivity contribution in [1.82, 2.24) is 19.9 Å². The Labute approximate surface area is 176 Å². The van der Waals surface area contributed by atoms with E-state index in [1.165, 1.54) is 60.0 Å². The molecule has 6 heteroatoms. The molecule has 0 aromatic carbocycles. The minimum Gasteiger partial charge on any atom is -0.380 e. The average Bonchev–Trinajstić information content (AvgIpc) is 3.18. The number of fused-ring (bicyclic) bond motifs is 1. The topological polar surface area (TPSA) is 54.0 Å². The first-order valence-electron chi connectivity index (χ1n) is 10.9. The third kappa shape index (κ3) is 3.86. The van der Waals surface area contributed by atoms with Gasteiger partial charge in [-0.3, -0.25) is 4.90 Å². The van der Waals surface area contributed by atoms with Crippen LogP contribution in [0.15, 0.2) is 18.5 Å². The number of rotatable bonds is 3. The molecule has 154 valence electrons. The van der Waals surface area contributed by atoms with Gasteiger partial charge in [0, 0.05) is 54.0 Å². The summed E-state index contributed by atoms with van der Waals surface area (Å²) in [4.78, 5) is 16.8. The molecular formula is C23H30N4OS. The minimum absolute atomic E-state index is 0.619. The van der Waals surface area contributed by atoms with Gasteiger partial charge in [-0.2, -0.15) is 0 Å². The number of nitrogens with one attached hydrogen (secondary N) is 1. The van der Waals surface area contributed by atoms with E-state index < -0.39 is 0 Å². The molecule has 0 radical (unpaired) electrons. The number of ether oxygens (including phenoxy) is 1. The van der Waals surface area contributed by atoms with Gasteiger partial charge in [-0.1, -0.05) is 0 Å². The molecule has 0 amide bonds. The summed E-state index contributed by atoms with van der Waals surface area (Å²) in [6.07, 6.45) is 10.4. The van der Waals surface area contributed by atoms with Gasteiger partial charge in [-0.05, 0) is 63.5 Å². The second-order valence-corrected chi connectivity index (χ2v) is 9.74. The van der Waals surface area contributed by atoms with Crippen LogP contribution in [0.2, 0.25) is 0 Å². The molecule has 0 spiro atoms. The van der Waals surface area contributed by atoms with Crippen LogP contribution in [-0.4, -0.2) is 52.2 Å². The molecule has 2 aliphatic rings. The van der Waals surface area contributed by atoms with Crippen LogP contribution in [0.5, 0.6) is 0 Å². The van der Waals surface area contributed by atoms with E-state index in [1.54, 1.807) is 11.3 Å². The zero-order valence-corrected chi connectivity index (χ0v) is 18.2. The number of aryl methyl sites for hydroxylation is 2. The second-order valence-electron chi connectivity index (χ2n) is 8.54. The molecular weight excluding hydrogens is 380 g/mol. The molecule has 1 saturated carbocycles. The maximum Gasteiger partial charge on any atom is 0.137 e. The van der Waals surface area contributed by atoms with Crippen LogP contribution in [0.1, 0.15) is 54.2 Å². The highest BCUT2D eigenvalue weighted by molar-refractivity contribution is 7.15. The predicted molar refractivity (Wildman–Crippen MR) is 119 cm³/mol. The van der Waals surface area contributed by atoms with Gasteiger partial charge in [-0.15, -0.1) is 11.3 Å². The first-order chi connectivity index (χ1) is 14.2. The Hall–Kier alpha value is -1.76. The second kappa shape index (κ2) is 8.17. The van der Waals surface area contributed by atoms with Crippen molar-refractivity contribution < 1.29 is 4.74 Å². The molecule has 0 unspecified atom stereocenters. The van der Waals surface area contributed by atoms with Gasteiger partial charge in [0.25, 0.3) is 0 Å². The van der Waals surface area contributed by atoms with Gasteiger partial charge < -0.3 is 9.72 Å². The summed E-state index contributed by atoms with van der Waals surface area (Å²) < 4.78 is 5.64. The molecule has 0 atom stereocenters. The Morgan fingerprint density at radius 1 is 1.14 bits per heavy atom. The summed E-state index contributed by atoms with van der Waals surface area (Å²) >= 11 is 1.77. The van der Waals surface area contributed by atoms with Crippen molar-refractivity contribution in [2.75, 3.05) is 26.3 Å². The third-order valence-electron chi connectivity index (χ3n) is 6.75. The van der Waals surface area contributed by atoms with Crippen LogP contribution < -0.4 is 0 Å². The fourth-order valence-corrected chi connectivity index (χ4v) is 5.86. The number of hydrogen-bond donors (Lipinski definition) is 1. The Morgan fingerprint density at radius 2 is 2.00 bits per heavy atom. The zero-order chi connectivity index (χ0) is 19.8. The Bertz CT molecular complexity index is 959. The van der Waals surface area contributed by atoms with E-state index in [2.05, 4.69) is 42.2 Å². The summed E-state index contributed by atoms with van der Waals surface area (Å²) in [7, 11) is 0. The van der Waals surface area contributed by atoms with E-state index in [1.807, 2.05) is 0 Å².